The van der Waals surface area contributed by atoms with Gasteiger partial charge in [-0.2, -0.15) is 0 Å². The van der Waals surface area contributed by atoms with Crippen molar-refractivity contribution in [3.05, 3.63) is 10.8 Å². The monoisotopic (exact) mass is 187 g/mol. The van der Waals surface area contributed by atoms with E-state index in [-0.39, 0.29) is 0 Å². The molecule has 0 aromatic carbocycles. The van der Waals surface area contributed by atoms with Crippen molar-refractivity contribution in [2.24, 2.45) is 5.92 Å². The zero-order valence-corrected chi connectivity index (χ0v) is 8.47. The normalized spacial score (nSPS) is 11.1. The van der Waals surface area contributed by atoms with Crippen LogP contribution in [0.3, 0.4) is 0 Å². The molecule has 1 heterocycles. The molecule has 0 aliphatic heterocycles. The van der Waals surface area contributed by atoms with Gasteiger partial charge in [0.2, 0.25) is 0 Å². The van der Waals surface area contributed by atoms with Crippen LogP contribution < -0.4 is 0 Å². The van der Waals surface area contributed by atoms with Gasteiger partial charge >= 0.3 is 0 Å². The van der Waals surface area contributed by atoms with Gasteiger partial charge in [0, 0.05) is 6.54 Å². The molecule has 0 aliphatic rings. The number of aryl methyl sites for hydroxylation is 1. The Morgan fingerprint density at radius 3 is 2.67 bits per heavy atom. The van der Waals surface area contributed by atoms with Crippen molar-refractivity contribution < 1.29 is 0 Å². The number of aromatic nitrogens is 3. The molecular weight excluding hydrogens is 174 g/mol. The number of halogens is 1. The lowest BCUT2D eigenvalue weighted by molar-refractivity contribution is 0.553. The van der Waals surface area contributed by atoms with Crippen molar-refractivity contribution in [1.82, 2.24) is 15.0 Å². The highest BCUT2D eigenvalue weighted by molar-refractivity contribution is 6.29. The first kappa shape index (κ1) is 9.52. The van der Waals surface area contributed by atoms with E-state index in [2.05, 4.69) is 24.2 Å². The van der Waals surface area contributed by atoms with Crippen molar-refractivity contribution in [3.8, 4) is 0 Å². The molecule has 0 amide bonds. The van der Waals surface area contributed by atoms with E-state index in [0.29, 0.717) is 11.1 Å². The maximum absolute atomic E-state index is 5.87. The summed E-state index contributed by atoms with van der Waals surface area (Å²) >= 11 is 5.87. The summed E-state index contributed by atoms with van der Waals surface area (Å²) in [4.78, 5) is 0. The van der Waals surface area contributed by atoms with E-state index in [1.165, 1.54) is 0 Å². The highest BCUT2D eigenvalue weighted by Crippen LogP contribution is 2.15. The Labute approximate surface area is 77.7 Å². The van der Waals surface area contributed by atoms with Gasteiger partial charge in [-0.1, -0.05) is 30.7 Å². The van der Waals surface area contributed by atoms with E-state index in [1.807, 2.05) is 11.6 Å². The summed E-state index contributed by atoms with van der Waals surface area (Å²) in [6, 6.07) is 0. The van der Waals surface area contributed by atoms with Crippen LogP contribution in [0, 0.1) is 5.92 Å². The van der Waals surface area contributed by atoms with Gasteiger partial charge in [-0.05, 0) is 19.3 Å². The first-order chi connectivity index (χ1) is 5.65. The van der Waals surface area contributed by atoms with E-state index in [4.69, 9.17) is 11.6 Å². The van der Waals surface area contributed by atoms with E-state index in [9.17, 15) is 0 Å². The van der Waals surface area contributed by atoms with Gasteiger partial charge in [-0.15, -0.1) is 5.10 Å². The number of nitrogens with zero attached hydrogens (tertiary/aromatic N) is 3. The summed E-state index contributed by atoms with van der Waals surface area (Å²) in [5.41, 5.74) is 1.05. The van der Waals surface area contributed by atoms with E-state index >= 15 is 0 Å². The van der Waals surface area contributed by atoms with Gasteiger partial charge in [0.25, 0.3) is 0 Å². The van der Waals surface area contributed by atoms with Gasteiger partial charge in [0.15, 0.2) is 5.15 Å². The first-order valence-electron chi connectivity index (χ1n) is 4.23. The molecule has 0 fully saturated rings. The molecule has 12 heavy (non-hydrogen) atoms. The fraction of sp³-hybridized carbons (Fsp3) is 0.750. The van der Waals surface area contributed by atoms with Crippen LogP contribution in [-0.2, 0) is 13.0 Å². The number of rotatable bonds is 3. The minimum Gasteiger partial charge on any atom is -0.248 e. The molecule has 0 unspecified atom stereocenters. The molecule has 0 radical (unpaired) electrons. The molecule has 0 saturated carbocycles. The van der Waals surface area contributed by atoms with Crippen LogP contribution in [0.25, 0.3) is 0 Å². The third-order valence-electron chi connectivity index (χ3n) is 1.69. The van der Waals surface area contributed by atoms with Crippen LogP contribution in [0.1, 0.15) is 26.5 Å². The van der Waals surface area contributed by atoms with Gasteiger partial charge < -0.3 is 0 Å². The second-order valence-corrected chi connectivity index (χ2v) is 3.60. The summed E-state index contributed by atoms with van der Waals surface area (Å²) in [6.45, 7) is 7.18. The third kappa shape index (κ3) is 1.97. The summed E-state index contributed by atoms with van der Waals surface area (Å²) in [7, 11) is 0. The lowest BCUT2D eigenvalue weighted by Gasteiger charge is -2.05. The molecule has 1 aromatic rings. The molecule has 0 bridgehead atoms. The van der Waals surface area contributed by atoms with E-state index < -0.39 is 0 Å². The molecule has 0 aliphatic carbocycles. The minimum absolute atomic E-state index is 0.547. The Balaban J connectivity index is 2.86. The first-order valence-corrected chi connectivity index (χ1v) is 4.60. The van der Waals surface area contributed by atoms with E-state index in [0.717, 1.165) is 18.7 Å². The molecule has 0 saturated heterocycles. The fourth-order valence-electron chi connectivity index (χ4n) is 1.14. The SMILES string of the molecule is CCn1nnc(Cl)c1CC(C)C. The van der Waals surface area contributed by atoms with Gasteiger partial charge in [0.1, 0.15) is 0 Å². The molecule has 3 nitrogen and oxygen atoms in total. The van der Waals surface area contributed by atoms with Gasteiger partial charge in [-0.25, -0.2) is 4.68 Å². The summed E-state index contributed by atoms with van der Waals surface area (Å²) in [5, 5.41) is 8.29. The Morgan fingerprint density at radius 2 is 2.17 bits per heavy atom. The summed E-state index contributed by atoms with van der Waals surface area (Å²) in [6.07, 6.45) is 0.944. The van der Waals surface area contributed by atoms with Crippen LogP contribution >= 0.6 is 11.6 Å². The minimum atomic E-state index is 0.547. The molecule has 0 N–H and O–H groups in total. The number of hydrogen-bond donors (Lipinski definition) is 0. The summed E-state index contributed by atoms with van der Waals surface area (Å²) in [5.74, 6) is 0.589. The van der Waals surface area contributed by atoms with Crippen molar-refractivity contribution in [3.63, 3.8) is 0 Å². The molecular formula is C8H14ClN3. The zero-order valence-electron chi connectivity index (χ0n) is 7.71. The largest absolute Gasteiger partial charge is 0.248 e. The third-order valence-corrected chi connectivity index (χ3v) is 1.99. The van der Waals surface area contributed by atoms with Crippen LogP contribution in [0.4, 0.5) is 0 Å². The van der Waals surface area contributed by atoms with Gasteiger partial charge in [0.05, 0.1) is 5.69 Å². The lowest BCUT2D eigenvalue weighted by atomic mass is 10.1. The Bertz CT molecular complexity index is 255. The molecule has 68 valence electrons. The average molecular weight is 188 g/mol. The fourth-order valence-corrected chi connectivity index (χ4v) is 1.35. The van der Waals surface area contributed by atoms with Gasteiger partial charge in [-0.3, -0.25) is 0 Å². The maximum Gasteiger partial charge on any atom is 0.174 e. The highest BCUT2D eigenvalue weighted by atomic mass is 35.5. The van der Waals surface area contributed by atoms with Crippen molar-refractivity contribution in [2.75, 3.05) is 0 Å². The Hall–Kier alpha value is -0.570. The highest BCUT2D eigenvalue weighted by Gasteiger charge is 2.10. The lowest BCUT2D eigenvalue weighted by Crippen LogP contribution is -2.05. The van der Waals surface area contributed by atoms with Crippen LogP contribution in [-0.4, -0.2) is 15.0 Å². The zero-order chi connectivity index (χ0) is 9.14. The average Bonchev–Trinajstić information content (AvgIpc) is 2.32. The molecule has 1 aromatic heterocycles. The van der Waals surface area contributed by atoms with Crippen LogP contribution in [0.5, 0.6) is 0 Å². The summed E-state index contributed by atoms with van der Waals surface area (Å²) < 4.78 is 1.85. The van der Waals surface area contributed by atoms with Crippen LogP contribution in [0.2, 0.25) is 5.15 Å². The Morgan fingerprint density at radius 1 is 1.50 bits per heavy atom. The van der Waals surface area contributed by atoms with Crippen molar-refractivity contribution >= 4 is 11.6 Å². The number of hydrogen-bond acceptors (Lipinski definition) is 2. The molecule has 0 spiro atoms. The van der Waals surface area contributed by atoms with Crippen LogP contribution in [0.15, 0.2) is 0 Å². The predicted octanol–water partition coefficient (Wildman–Crippen LogP) is 2.15. The quantitative estimate of drug-likeness (QED) is 0.726. The predicted molar refractivity (Wildman–Crippen MR) is 49.2 cm³/mol. The topological polar surface area (TPSA) is 30.7 Å². The standard InChI is InChI=1S/C8H14ClN3/c1-4-12-7(5-6(2)3)8(9)10-11-12/h6H,4-5H2,1-3H3. The molecule has 1 rings (SSSR count). The molecule has 4 heteroatoms. The maximum atomic E-state index is 5.87. The molecule has 0 atom stereocenters. The van der Waals surface area contributed by atoms with Crippen molar-refractivity contribution in [2.45, 2.75) is 33.7 Å². The second-order valence-electron chi connectivity index (χ2n) is 3.24. The van der Waals surface area contributed by atoms with Crippen molar-refractivity contribution in [1.29, 1.82) is 0 Å². The Kier molecular flexibility index (Phi) is 3.09. The second kappa shape index (κ2) is 3.90. The smallest absolute Gasteiger partial charge is 0.174 e. The van der Waals surface area contributed by atoms with E-state index in [1.54, 1.807) is 0 Å².